The second-order valence-corrected chi connectivity index (χ2v) is 6.71. The second kappa shape index (κ2) is 5.46. The highest BCUT2D eigenvalue weighted by atomic mass is 127. The summed E-state index contributed by atoms with van der Waals surface area (Å²) in [5, 5.41) is 14.8. The number of carboxylic acids is 1. The number of halogens is 1. The lowest BCUT2D eigenvalue weighted by Crippen LogP contribution is -2.28. The van der Waals surface area contributed by atoms with E-state index in [1.807, 2.05) is 24.3 Å². The molecule has 0 saturated carbocycles. The molecule has 100 valence electrons. The Morgan fingerprint density at radius 2 is 2.21 bits per heavy atom. The SMILES string of the molecule is CC(C)(C(=O)O)c1csc(Nc2cccc(I)c2)n1. The van der Waals surface area contributed by atoms with Gasteiger partial charge in [0.15, 0.2) is 5.13 Å². The smallest absolute Gasteiger partial charge is 0.315 e. The molecular formula is C13H13IN2O2S. The zero-order chi connectivity index (χ0) is 14.0. The topological polar surface area (TPSA) is 62.2 Å². The molecular weight excluding hydrogens is 375 g/mol. The fourth-order valence-electron chi connectivity index (χ4n) is 1.42. The van der Waals surface area contributed by atoms with Crippen LogP contribution in [0.4, 0.5) is 10.8 Å². The Bertz CT molecular complexity index is 610. The lowest BCUT2D eigenvalue weighted by Gasteiger charge is -2.15. The number of aliphatic carboxylic acids is 1. The molecule has 1 aromatic carbocycles. The van der Waals surface area contributed by atoms with E-state index in [0.717, 1.165) is 9.26 Å². The number of nitrogens with one attached hydrogen (secondary N) is 1. The molecule has 0 fully saturated rings. The van der Waals surface area contributed by atoms with Crippen LogP contribution in [0, 0.1) is 3.57 Å². The molecule has 0 radical (unpaired) electrons. The van der Waals surface area contributed by atoms with Gasteiger partial charge in [-0.05, 0) is 54.6 Å². The number of hydrogen-bond acceptors (Lipinski definition) is 4. The molecule has 0 spiro atoms. The average Bonchev–Trinajstić information content (AvgIpc) is 2.78. The van der Waals surface area contributed by atoms with Crippen LogP contribution in [0.5, 0.6) is 0 Å². The van der Waals surface area contributed by atoms with Crippen LogP contribution in [0.1, 0.15) is 19.5 Å². The molecule has 2 N–H and O–H groups in total. The van der Waals surface area contributed by atoms with E-state index < -0.39 is 11.4 Å². The fourth-order valence-corrected chi connectivity index (χ4v) is 2.86. The van der Waals surface area contributed by atoms with Crippen molar-refractivity contribution in [1.29, 1.82) is 0 Å². The van der Waals surface area contributed by atoms with Crippen molar-refractivity contribution in [2.75, 3.05) is 5.32 Å². The summed E-state index contributed by atoms with van der Waals surface area (Å²) in [7, 11) is 0. The Morgan fingerprint density at radius 3 is 2.84 bits per heavy atom. The maximum Gasteiger partial charge on any atom is 0.315 e. The number of thiazole rings is 1. The van der Waals surface area contributed by atoms with Gasteiger partial charge in [-0.15, -0.1) is 11.3 Å². The summed E-state index contributed by atoms with van der Waals surface area (Å²) in [6.07, 6.45) is 0. The van der Waals surface area contributed by atoms with Gasteiger partial charge in [-0.2, -0.15) is 0 Å². The van der Waals surface area contributed by atoms with Crippen molar-refractivity contribution in [2.24, 2.45) is 0 Å². The molecule has 0 bridgehead atoms. The molecule has 19 heavy (non-hydrogen) atoms. The number of carbonyl (C=O) groups is 1. The summed E-state index contributed by atoms with van der Waals surface area (Å²) in [6.45, 7) is 3.30. The summed E-state index contributed by atoms with van der Waals surface area (Å²) in [5.74, 6) is -0.876. The Kier molecular flexibility index (Phi) is 4.10. The number of anilines is 2. The van der Waals surface area contributed by atoms with Gasteiger partial charge >= 0.3 is 5.97 Å². The van der Waals surface area contributed by atoms with Crippen LogP contribution in [-0.4, -0.2) is 16.1 Å². The van der Waals surface area contributed by atoms with Crippen LogP contribution >= 0.6 is 33.9 Å². The average molecular weight is 388 g/mol. The number of rotatable bonds is 4. The van der Waals surface area contributed by atoms with Crippen molar-refractivity contribution in [3.8, 4) is 0 Å². The lowest BCUT2D eigenvalue weighted by atomic mass is 9.90. The van der Waals surface area contributed by atoms with Crippen LogP contribution in [0.15, 0.2) is 29.6 Å². The summed E-state index contributed by atoms with van der Waals surface area (Å²) in [5.41, 5.74) is 0.542. The molecule has 2 aromatic rings. The highest BCUT2D eigenvalue weighted by Crippen LogP contribution is 2.29. The van der Waals surface area contributed by atoms with Gasteiger partial charge in [0.25, 0.3) is 0 Å². The summed E-state index contributed by atoms with van der Waals surface area (Å²) < 4.78 is 1.13. The lowest BCUT2D eigenvalue weighted by molar-refractivity contribution is -0.142. The minimum Gasteiger partial charge on any atom is -0.481 e. The van der Waals surface area contributed by atoms with Crippen molar-refractivity contribution in [2.45, 2.75) is 19.3 Å². The molecule has 1 heterocycles. The van der Waals surface area contributed by atoms with E-state index in [2.05, 4.69) is 32.9 Å². The van der Waals surface area contributed by atoms with Crippen LogP contribution in [0.2, 0.25) is 0 Å². The van der Waals surface area contributed by atoms with E-state index in [9.17, 15) is 9.90 Å². The largest absolute Gasteiger partial charge is 0.481 e. The van der Waals surface area contributed by atoms with Gasteiger partial charge in [-0.1, -0.05) is 6.07 Å². The molecule has 0 atom stereocenters. The van der Waals surface area contributed by atoms with Crippen LogP contribution in [0.3, 0.4) is 0 Å². The first-order valence-corrected chi connectivity index (χ1v) is 7.57. The molecule has 0 unspecified atom stereocenters. The second-order valence-electron chi connectivity index (χ2n) is 4.60. The van der Waals surface area contributed by atoms with Crippen molar-refractivity contribution in [1.82, 2.24) is 4.98 Å². The minimum absolute atomic E-state index is 0.568. The summed E-state index contributed by atoms with van der Waals surface area (Å²) >= 11 is 3.65. The molecule has 4 nitrogen and oxygen atoms in total. The first kappa shape index (κ1) is 14.3. The molecule has 2 rings (SSSR count). The molecule has 0 aliphatic heterocycles. The molecule has 0 aliphatic rings. The molecule has 0 amide bonds. The highest BCUT2D eigenvalue weighted by Gasteiger charge is 2.32. The first-order valence-electron chi connectivity index (χ1n) is 5.61. The number of benzene rings is 1. The quantitative estimate of drug-likeness (QED) is 0.782. The normalized spacial score (nSPS) is 11.3. The number of aromatic nitrogens is 1. The maximum atomic E-state index is 11.2. The van der Waals surface area contributed by atoms with E-state index in [1.165, 1.54) is 11.3 Å². The van der Waals surface area contributed by atoms with Gasteiger partial charge < -0.3 is 10.4 Å². The van der Waals surface area contributed by atoms with Gasteiger partial charge in [0.05, 0.1) is 5.69 Å². The van der Waals surface area contributed by atoms with Crippen LogP contribution < -0.4 is 5.32 Å². The van der Waals surface area contributed by atoms with Crippen molar-refractivity contribution in [3.63, 3.8) is 0 Å². The van der Waals surface area contributed by atoms with Crippen molar-refractivity contribution in [3.05, 3.63) is 38.9 Å². The number of carboxylic acid groups (broad SMARTS) is 1. The van der Waals surface area contributed by atoms with Crippen molar-refractivity contribution < 1.29 is 9.90 Å². The predicted molar refractivity (Wildman–Crippen MR) is 85.2 cm³/mol. The van der Waals surface area contributed by atoms with Gasteiger partial charge in [0.2, 0.25) is 0 Å². The van der Waals surface area contributed by atoms with Gasteiger partial charge in [-0.25, -0.2) is 4.98 Å². The Balaban J connectivity index is 2.20. The number of nitrogens with zero attached hydrogens (tertiary/aromatic N) is 1. The van der Waals surface area contributed by atoms with Crippen LogP contribution in [0.25, 0.3) is 0 Å². The zero-order valence-corrected chi connectivity index (χ0v) is 13.4. The Hall–Kier alpha value is -1.15. The van der Waals surface area contributed by atoms with E-state index >= 15 is 0 Å². The van der Waals surface area contributed by atoms with Crippen molar-refractivity contribution >= 4 is 50.7 Å². The molecule has 1 aromatic heterocycles. The Labute approximate surface area is 129 Å². The summed E-state index contributed by atoms with van der Waals surface area (Å²) in [6, 6.07) is 7.92. The van der Waals surface area contributed by atoms with Gasteiger partial charge in [0, 0.05) is 14.6 Å². The maximum absolute atomic E-state index is 11.2. The fraction of sp³-hybridized carbons (Fsp3) is 0.231. The third-order valence-corrected chi connectivity index (χ3v) is 4.18. The zero-order valence-electron chi connectivity index (χ0n) is 10.5. The molecule has 0 aliphatic carbocycles. The molecule has 6 heteroatoms. The standard InChI is InChI=1S/C13H13IN2O2S/c1-13(2,11(17)18)10-7-19-12(16-10)15-9-5-3-4-8(14)6-9/h3-7H,1-2H3,(H,15,16)(H,17,18). The predicted octanol–water partition coefficient (Wildman–Crippen LogP) is 3.85. The molecule has 0 saturated heterocycles. The third-order valence-electron chi connectivity index (χ3n) is 2.76. The van der Waals surface area contributed by atoms with E-state index in [1.54, 1.807) is 19.2 Å². The highest BCUT2D eigenvalue weighted by molar-refractivity contribution is 14.1. The minimum atomic E-state index is -0.971. The van der Waals surface area contributed by atoms with E-state index in [4.69, 9.17) is 0 Å². The third kappa shape index (κ3) is 3.24. The number of hydrogen-bond donors (Lipinski definition) is 2. The van der Waals surface area contributed by atoms with Gasteiger partial charge in [0.1, 0.15) is 5.41 Å². The van der Waals surface area contributed by atoms with Gasteiger partial charge in [-0.3, -0.25) is 4.79 Å². The van der Waals surface area contributed by atoms with Crippen LogP contribution in [-0.2, 0) is 10.2 Å². The first-order chi connectivity index (χ1) is 8.89. The van der Waals surface area contributed by atoms with E-state index in [0.29, 0.717) is 10.8 Å². The summed E-state index contributed by atoms with van der Waals surface area (Å²) in [4.78, 5) is 15.5. The van der Waals surface area contributed by atoms with E-state index in [-0.39, 0.29) is 0 Å². The Morgan fingerprint density at radius 1 is 1.47 bits per heavy atom. The monoisotopic (exact) mass is 388 g/mol.